The van der Waals surface area contributed by atoms with Crippen molar-refractivity contribution in [1.29, 1.82) is 0 Å². The summed E-state index contributed by atoms with van der Waals surface area (Å²) in [4.78, 5) is 61.9. The summed E-state index contributed by atoms with van der Waals surface area (Å²) in [6.45, 7) is 1.73. The highest BCUT2D eigenvalue weighted by Crippen LogP contribution is 2.60. The fourth-order valence-electron chi connectivity index (χ4n) is 6.68. The number of hydrogen-bond donors (Lipinski definition) is 6. The Hall–Kier alpha value is -4.88. The van der Waals surface area contributed by atoms with Crippen LogP contribution in [0.2, 0.25) is 0 Å². The van der Waals surface area contributed by atoms with Crippen LogP contribution in [0.1, 0.15) is 129 Å². The molecular formula is C54H81N3O16P2. The molecule has 0 bridgehead atoms. The van der Waals surface area contributed by atoms with Crippen LogP contribution in [-0.2, 0) is 46.3 Å². The summed E-state index contributed by atoms with van der Waals surface area (Å²) in [5.41, 5.74) is 4.56. The number of nitrogens with two attached hydrogens (primary N) is 1. The molecular weight excluding hydrogens is 1010 g/mol. The number of ether oxygens (including phenoxy) is 3. The van der Waals surface area contributed by atoms with Crippen molar-refractivity contribution in [1.82, 2.24) is 9.55 Å². The van der Waals surface area contributed by atoms with Crippen molar-refractivity contribution in [2.24, 2.45) is 0 Å². The maximum atomic E-state index is 12.9. The van der Waals surface area contributed by atoms with Crippen LogP contribution in [0.5, 0.6) is 0 Å². The number of nitrogen functional groups attached to an aromatic ring is 1. The predicted octanol–water partition coefficient (Wildman–Crippen LogP) is 9.74. The van der Waals surface area contributed by atoms with Gasteiger partial charge in [0.05, 0.1) is 19.3 Å². The highest BCUT2D eigenvalue weighted by atomic mass is 31.3. The lowest BCUT2D eigenvalue weighted by atomic mass is 10.1. The molecule has 2 heterocycles. The molecule has 0 spiro atoms. The van der Waals surface area contributed by atoms with Crippen LogP contribution in [0.3, 0.4) is 0 Å². The highest BCUT2D eigenvalue weighted by molar-refractivity contribution is 7.61. The van der Waals surface area contributed by atoms with Gasteiger partial charge in [0.2, 0.25) is 0 Å². The number of rotatable bonds is 40. The van der Waals surface area contributed by atoms with Crippen LogP contribution in [-0.4, -0.2) is 96.9 Å². The number of phosphoric acid groups is 2. The summed E-state index contributed by atoms with van der Waals surface area (Å²) >= 11 is 0. The van der Waals surface area contributed by atoms with Gasteiger partial charge in [0.15, 0.2) is 12.3 Å². The van der Waals surface area contributed by atoms with Gasteiger partial charge < -0.3 is 45.1 Å². The third-order valence-corrected chi connectivity index (χ3v) is 13.2. The zero-order chi connectivity index (χ0) is 55.0. The maximum absolute atomic E-state index is 12.9. The van der Waals surface area contributed by atoms with Crippen molar-refractivity contribution in [2.45, 2.75) is 160 Å². The molecule has 75 heavy (non-hydrogen) atoms. The Bertz CT molecular complexity index is 2250. The Balaban J connectivity index is 1.89. The van der Waals surface area contributed by atoms with Crippen molar-refractivity contribution in [3.05, 3.63) is 144 Å². The molecule has 2 unspecified atom stereocenters. The van der Waals surface area contributed by atoms with E-state index in [-0.39, 0.29) is 31.5 Å². The molecule has 0 aliphatic carbocycles. The second kappa shape index (κ2) is 40.4. The van der Waals surface area contributed by atoms with E-state index in [1.807, 2.05) is 36.5 Å². The molecule has 7 N–H and O–H groups in total. The van der Waals surface area contributed by atoms with Crippen molar-refractivity contribution >= 4 is 33.4 Å². The van der Waals surface area contributed by atoms with Crippen LogP contribution in [0.25, 0.3) is 0 Å². The number of allylic oxidation sites excluding steroid dienone is 19. The zero-order valence-electron chi connectivity index (χ0n) is 43.4. The third kappa shape index (κ3) is 33.0. The van der Waals surface area contributed by atoms with Crippen molar-refractivity contribution < 1.29 is 71.4 Å². The van der Waals surface area contributed by atoms with Gasteiger partial charge in [-0.05, 0) is 89.5 Å². The number of aliphatic hydroxyl groups is 3. The van der Waals surface area contributed by atoms with E-state index in [4.69, 9.17) is 29.0 Å². The molecule has 2 rings (SSSR count). The van der Waals surface area contributed by atoms with Gasteiger partial charge in [-0.2, -0.15) is 9.29 Å². The predicted molar refractivity (Wildman–Crippen MR) is 290 cm³/mol. The van der Waals surface area contributed by atoms with Crippen LogP contribution in [0.4, 0.5) is 5.82 Å². The number of aromatic nitrogens is 2. The molecule has 1 aliphatic heterocycles. The van der Waals surface area contributed by atoms with Gasteiger partial charge in [-0.25, -0.2) is 13.9 Å². The minimum Gasteiger partial charge on any atom is -0.462 e. The van der Waals surface area contributed by atoms with E-state index < -0.39 is 89.8 Å². The normalized spacial score (nSPS) is 20.2. The Morgan fingerprint density at radius 3 is 1.87 bits per heavy atom. The van der Waals surface area contributed by atoms with E-state index >= 15 is 0 Å². The molecule has 1 aliphatic rings. The summed E-state index contributed by atoms with van der Waals surface area (Å²) in [7, 11) is -11.0. The standard InChI is InChI=1S/C54H81N3O16P2/c1-3-5-7-9-11-13-15-17-18-19-20-21-22-24-26-28-30-32-34-38-49(59)68-42-46(71-50(60)39-35-37-45(58)36-33-31-29-27-25-23-16-14-12-10-8-6-4-2)43-69-74(64,65)73-75(66,67)70-44-47-51(61)52(62)53(72-47)57-41-40-48(55)56-54(57)63/h5,7,11-14,17-18,20-21,23-26,29-33,36,40-41,45-47,51-53,58,61-62H,3-4,6,8-10,15-16,19,22,27-28,34-35,37-39,42-44H2,1-2H3,(H,64,65)(H,66,67)(H2,55,56,63)/b7-5-,13-11-,14-12-,18-17-,21-20-,25-23-,26-24-,31-29-,32-30-,36-33+/t45-,46+,47+,51+,52+,53+/m0/s1. The van der Waals surface area contributed by atoms with Gasteiger partial charge in [-0.1, -0.05) is 148 Å². The monoisotopic (exact) mass is 1090 g/mol. The molecule has 21 heteroatoms. The molecule has 19 nitrogen and oxygen atoms in total. The number of anilines is 1. The fourth-order valence-corrected chi connectivity index (χ4v) is 8.79. The van der Waals surface area contributed by atoms with E-state index in [0.29, 0.717) is 12.8 Å². The quantitative estimate of drug-likeness (QED) is 0.0117. The summed E-state index contributed by atoms with van der Waals surface area (Å²) in [5, 5.41) is 31.3. The number of aliphatic hydroxyl groups excluding tert-OH is 3. The average Bonchev–Trinajstić information content (AvgIpc) is 3.64. The van der Waals surface area contributed by atoms with Crippen LogP contribution >= 0.6 is 15.6 Å². The van der Waals surface area contributed by atoms with Gasteiger partial charge >= 0.3 is 33.3 Å². The number of carbonyl (C=O) groups excluding carboxylic acids is 2. The van der Waals surface area contributed by atoms with Gasteiger partial charge in [0.25, 0.3) is 0 Å². The number of unbranched alkanes of at least 4 members (excludes halogenated alkanes) is 3. The maximum Gasteiger partial charge on any atom is 0.481 e. The molecule has 1 fully saturated rings. The molecule has 0 amide bonds. The largest absolute Gasteiger partial charge is 0.481 e. The number of nitrogens with zero attached hydrogens (tertiary/aromatic N) is 2. The first-order chi connectivity index (χ1) is 36.1. The minimum absolute atomic E-state index is 0.0464. The van der Waals surface area contributed by atoms with E-state index in [0.717, 1.165) is 62.1 Å². The summed E-state index contributed by atoms with van der Waals surface area (Å²) in [5.74, 6) is -1.63. The SMILES string of the molecule is CC/C=C\C/C=C\C/C=C\C/C=C\C/C=C\C/C=C\CCC(=O)OC[C@H](COP(=O)(O)OP(=O)(O)OC[C@H]1O[C@@H](n2ccc(N)nc2=O)[C@H](O)[C@@H]1O)OC(=O)CCC[C@@H](O)/C=C/C=C\C/C=C\C/C=C\CCCCC. The number of hydrogen-bond acceptors (Lipinski definition) is 16. The Kier molecular flexibility index (Phi) is 35.7. The van der Waals surface area contributed by atoms with E-state index in [9.17, 15) is 48.6 Å². The van der Waals surface area contributed by atoms with E-state index in [1.54, 1.807) is 12.2 Å². The number of phosphoric ester groups is 2. The first kappa shape index (κ1) is 66.2. The van der Waals surface area contributed by atoms with Gasteiger partial charge in [-0.15, -0.1) is 0 Å². The van der Waals surface area contributed by atoms with Gasteiger partial charge in [-0.3, -0.25) is 23.2 Å². The molecule has 0 aromatic carbocycles. The lowest BCUT2D eigenvalue weighted by molar-refractivity contribution is -0.161. The van der Waals surface area contributed by atoms with Crippen LogP contribution in [0, 0.1) is 0 Å². The third-order valence-electron chi connectivity index (χ3n) is 10.6. The summed E-state index contributed by atoms with van der Waals surface area (Å²) in [6, 6.07) is 1.23. The topological polar surface area (TPSA) is 286 Å². The minimum atomic E-state index is -5.50. The van der Waals surface area contributed by atoms with Gasteiger partial charge in [0, 0.05) is 19.0 Å². The molecule has 0 radical (unpaired) electrons. The van der Waals surface area contributed by atoms with Crippen molar-refractivity contribution in [3.63, 3.8) is 0 Å². The number of carbonyl (C=O) groups is 2. The molecule has 1 aromatic heterocycles. The zero-order valence-corrected chi connectivity index (χ0v) is 45.2. The smallest absolute Gasteiger partial charge is 0.462 e. The second-order valence-corrected chi connectivity index (χ2v) is 20.2. The molecule has 418 valence electrons. The number of esters is 2. The van der Waals surface area contributed by atoms with Crippen LogP contribution < -0.4 is 11.4 Å². The Morgan fingerprint density at radius 1 is 0.720 bits per heavy atom. The first-order valence-electron chi connectivity index (χ1n) is 25.7. The molecule has 1 saturated heterocycles. The Morgan fingerprint density at radius 2 is 1.28 bits per heavy atom. The first-order valence-corrected chi connectivity index (χ1v) is 28.6. The summed E-state index contributed by atoms with van der Waals surface area (Å²) < 4.78 is 56.5. The lowest BCUT2D eigenvalue weighted by Crippen LogP contribution is -2.36. The Labute approximate surface area is 442 Å². The average molecular weight is 1090 g/mol. The van der Waals surface area contributed by atoms with Crippen molar-refractivity contribution in [2.75, 3.05) is 25.6 Å². The van der Waals surface area contributed by atoms with Crippen molar-refractivity contribution in [3.8, 4) is 0 Å². The molecule has 0 saturated carbocycles. The van der Waals surface area contributed by atoms with Gasteiger partial charge in [0.1, 0.15) is 30.7 Å². The lowest BCUT2D eigenvalue weighted by Gasteiger charge is -2.21. The fraction of sp³-hybridized carbons (Fsp3) is 0.519. The molecule has 1 aromatic rings. The van der Waals surface area contributed by atoms with E-state index in [1.165, 1.54) is 25.3 Å². The molecule has 8 atom stereocenters. The second-order valence-electron chi connectivity index (χ2n) is 17.1. The van der Waals surface area contributed by atoms with E-state index in [2.05, 4.69) is 96.1 Å². The highest BCUT2D eigenvalue weighted by Gasteiger charge is 2.46. The van der Waals surface area contributed by atoms with Crippen LogP contribution in [0.15, 0.2) is 139 Å². The summed E-state index contributed by atoms with van der Waals surface area (Å²) in [6.07, 6.45) is 44.6.